The Morgan fingerprint density at radius 2 is 2.00 bits per heavy atom. The van der Waals surface area contributed by atoms with Crippen LogP contribution < -0.4 is 19.7 Å². The number of aromatic nitrogens is 1. The molecular formula is C22H25N3O3S. The molecule has 1 fully saturated rings. The summed E-state index contributed by atoms with van der Waals surface area (Å²) in [7, 11) is 3.22. The minimum atomic E-state index is -0.0292. The zero-order valence-electron chi connectivity index (χ0n) is 16.7. The van der Waals surface area contributed by atoms with Crippen molar-refractivity contribution in [2.75, 3.05) is 37.5 Å². The van der Waals surface area contributed by atoms with Crippen LogP contribution in [0.15, 0.2) is 36.4 Å². The quantitative estimate of drug-likeness (QED) is 0.621. The number of methoxy groups -OCH3 is 2. The number of hydrogen-bond acceptors (Lipinski definition) is 6. The minimum absolute atomic E-state index is 0.0292. The van der Waals surface area contributed by atoms with Crippen molar-refractivity contribution in [2.45, 2.75) is 25.7 Å². The van der Waals surface area contributed by atoms with Crippen LogP contribution in [0.2, 0.25) is 0 Å². The molecule has 1 amide bonds. The molecule has 0 unspecified atom stereocenters. The second kappa shape index (κ2) is 8.69. The summed E-state index contributed by atoms with van der Waals surface area (Å²) in [5.74, 6) is 1.33. The molecule has 0 atom stereocenters. The highest BCUT2D eigenvalue weighted by Gasteiger charge is 2.17. The molecule has 1 aromatic heterocycles. The molecule has 0 radical (unpaired) electrons. The number of carbonyl (C=O) groups excluding carboxylic acids is 1. The number of rotatable bonds is 7. The fraction of sp³-hybridized carbons (Fsp3) is 0.364. The lowest BCUT2D eigenvalue weighted by Crippen LogP contribution is -2.16. The second-order valence-corrected chi connectivity index (χ2v) is 8.08. The molecule has 0 bridgehead atoms. The number of amides is 1. The van der Waals surface area contributed by atoms with Gasteiger partial charge in [-0.2, -0.15) is 0 Å². The lowest BCUT2D eigenvalue weighted by molar-refractivity contribution is -0.116. The fourth-order valence-electron chi connectivity index (χ4n) is 3.66. The van der Waals surface area contributed by atoms with Crippen LogP contribution in [0.4, 0.5) is 10.8 Å². The lowest BCUT2D eigenvalue weighted by Gasteiger charge is -2.12. The minimum Gasteiger partial charge on any atom is -0.493 e. The number of thiazole rings is 1. The molecule has 2 heterocycles. The summed E-state index contributed by atoms with van der Waals surface area (Å²) in [6.07, 6.45) is 3.40. The molecule has 152 valence electrons. The Hall–Kier alpha value is -2.80. The molecule has 4 rings (SSSR count). The third-order valence-electron chi connectivity index (χ3n) is 5.14. The van der Waals surface area contributed by atoms with Crippen LogP contribution in [0.1, 0.15) is 24.8 Å². The summed E-state index contributed by atoms with van der Waals surface area (Å²) < 4.78 is 11.9. The van der Waals surface area contributed by atoms with Gasteiger partial charge in [0.25, 0.3) is 0 Å². The summed E-state index contributed by atoms with van der Waals surface area (Å²) >= 11 is 1.69. The molecule has 29 heavy (non-hydrogen) atoms. The SMILES string of the molecule is COc1cccc(CCC(=O)Nc2ccc3nc(N4CCCC4)sc3c2)c1OC. The van der Waals surface area contributed by atoms with Gasteiger partial charge in [0.2, 0.25) is 5.91 Å². The van der Waals surface area contributed by atoms with Gasteiger partial charge in [0.1, 0.15) is 0 Å². The van der Waals surface area contributed by atoms with E-state index >= 15 is 0 Å². The van der Waals surface area contributed by atoms with Crippen LogP contribution >= 0.6 is 11.3 Å². The maximum absolute atomic E-state index is 12.5. The van der Waals surface area contributed by atoms with E-state index in [0.29, 0.717) is 24.3 Å². The summed E-state index contributed by atoms with van der Waals surface area (Å²) in [6.45, 7) is 2.16. The standard InChI is InChI=1S/C22H25N3O3S/c1-27-18-7-5-6-15(21(18)28-2)8-11-20(26)23-16-9-10-17-19(14-16)29-22(24-17)25-12-3-4-13-25/h5-7,9-10,14H,3-4,8,11-13H2,1-2H3,(H,23,26). The Morgan fingerprint density at radius 3 is 2.76 bits per heavy atom. The summed E-state index contributed by atoms with van der Waals surface area (Å²) in [5, 5.41) is 4.08. The summed E-state index contributed by atoms with van der Waals surface area (Å²) in [4.78, 5) is 19.6. The Kier molecular flexibility index (Phi) is 5.85. The zero-order chi connectivity index (χ0) is 20.2. The van der Waals surface area contributed by atoms with Gasteiger partial charge in [-0.15, -0.1) is 0 Å². The van der Waals surface area contributed by atoms with E-state index in [1.807, 2.05) is 36.4 Å². The Morgan fingerprint density at radius 1 is 1.17 bits per heavy atom. The number of ether oxygens (including phenoxy) is 2. The van der Waals surface area contributed by atoms with Gasteiger partial charge >= 0.3 is 0 Å². The van der Waals surface area contributed by atoms with E-state index in [-0.39, 0.29) is 5.91 Å². The van der Waals surface area contributed by atoms with E-state index in [9.17, 15) is 4.79 Å². The predicted octanol–water partition coefficient (Wildman–Crippen LogP) is 4.49. The normalized spacial score (nSPS) is 13.7. The number of para-hydroxylation sites is 1. The Bertz CT molecular complexity index is 1010. The maximum atomic E-state index is 12.5. The third-order valence-corrected chi connectivity index (χ3v) is 6.22. The maximum Gasteiger partial charge on any atom is 0.224 e. The number of fused-ring (bicyclic) bond motifs is 1. The Labute approximate surface area is 174 Å². The molecule has 1 N–H and O–H groups in total. The first-order valence-electron chi connectivity index (χ1n) is 9.83. The van der Waals surface area contributed by atoms with Crippen LogP contribution in [-0.4, -0.2) is 38.2 Å². The Balaban J connectivity index is 1.41. The van der Waals surface area contributed by atoms with Gasteiger partial charge in [0.05, 0.1) is 24.4 Å². The summed E-state index contributed by atoms with van der Waals surface area (Å²) in [5.41, 5.74) is 2.74. The number of nitrogens with one attached hydrogen (secondary N) is 1. The number of nitrogens with zero attached hydrogens (tertiary/aromatic N) is 2. The molecule has 0 spiro atoms. The molecule has 0 aliphatic carbocycles. The van der Waals surface area contributed by atoms with Crippen molar-refractivity contribution in [1.82, 2.24) is 4.98 Å². The van der Waals surface area contributed by atoms with Crippen molar-refractivity contribution in [3.8, 4) is 11.5 Å². The lowest BCUT2D eigenvalue weighted by atomic mass is 10.1. The van der Waals surface area contributed by atoms with E-state index in [1.165, 1.54) is 12.8 Å². The van der Waals surface area contributed by atoms with Crippen molar-refractivity contribution in [3.63, 3.8) is 0 Å². The molecular weight excluding hydrogens is 386 g/mol. The van der Waals surface area contributed by atoms with E-state index < -0.39 is 0 Å². The van der Waals surface area contributed by atoms with Crippen LogP contribution in [0.25, 0.3) is 10.2 Å². The van der Waals surface area contributed by atoms with Crippen LogP contribution in [-0.2, 0) is 11.2 Å². The molecule has 1 saturated heterocycles. The van der Waals surface area contributed by atoms with Gasteiger partial charge < -0.3 is 19.7 Å². The number of aryl methyl sites for hydroxylation is 1. The topological polar surface area (TPSA) is 63.7 Å². The molecule has 0 saturated carbocycles. The van der Waals surface area contributed by atoms with Crippen LogP contribution in [0, 0.1) is 0 Å². The molecule has 6 nitrogen and oxygen atoms in total. The van der Waals surface area contributed by atoms with Gasteiger partial charge in [-0.05, 0) is 49.1 Å². The zero-order valence-corrected chi connectivity index (χ0v) is 17.6. The highest BCUT2D eigenvalue weighted by atomic mass is 32.1. The van der Waals surface area contributed by atoms with E-state index in [0.717, 1.165) is 39.7 Å². The van der Waals surface area contributed by atoms with Crippen LogP contribution in [0.3, 0.4) is 0 Å². The molecule has 1 aliphatic rings. The molecule has 1 aliphatic heterocycles. The van der Waals surface area contributed by atoms with Gasteiger partial charge in [-0.25, -0.2) is 4.98 Å². The van der Waals surface area contributed by atoms with Gasteiger partial charge in [0, 0.05) is 25.2 Å². The largest absolute Gasteiger partial charge is 0.493 e. The highest BCUT2D eigenvalue weighted by molar-refractivity contribution is 7.22. The predicted molar refractivity (Wildman–Crippen MR) is 118 cm³/mol. The third kappa shape index (κ3) is 4.29. The van der Waals surface area contributed by atoms with E-state index in [4.69, 9.17) is 14.5 Å². The highest BCUT2D eigenvalue weighted by Crippen LogP contribution is 2.33. The van der Waals surface area contributed by atoms with Gasteiger partial charge in [0.15, 0.2) is 16.6 Å². The molecule has 3 aromatic rings. The first-order chi connectivity index (χ1) is 14.2. The van der Waals surface area contributed by atoms with E-state index in [1.54, 1.807) is 25.6 Å². The van der Waals surface area contributed by atoms with Crippen molar-refractivity contribution in [2.24, 2.45) is 0 Å². The average molecular weight is 412 g/mol. The number of hydrogen-bond donors (Lipinski definition) is 1. The molecule has 7 heteroatoms. The van der Waals surface area contributed by atoms with E-state index in [2.05, 4.69) is 10.2 Å². The first-order valence-corrected chi connectivity index (χ1v) is 10.6. The van der Waals surface area contributed by atoms with Crippen molar-refractivity contribution >= 4 is 38.3 Å². The van der Waals surface area contributed by atoms with Crippen molar-refractivity contribution < 1.29 is 14.3 Å². The number of carbonyl (C=O) groups is 1. The second-order valence-electron chi connectivity index (χ2n) is 7.07. The van der Waals surface area contributed by atoms with Crippen molar-refractivity contribution in [3.05, 3.63) is 42.0 Å². The smallest absolute Gasteiger partial charge is 0.224 e. The van der Waals surface area contributed by atoms with Crippen molar-refractivity contribution in [1.29, 1.82) is 0 Å². The first kappa shape index (κ1) is 19.5. The monoisotopic (exact) mass is 411 g/mol. The number of anilines is 2. The van der Waals surface area contributed by atoms with Crippen LogP contribution in [0.5, 0.6) is 11.5 Å². The van der Waals surface area contributed by atoms with Gasteiger partial charge in [-0.3, -0.25) is 4.79 Å². The number of benzene rings is 2. The molecule has 2 aromatic carbocycles. The average Bonchev–Trinajstić information content (AvgIpc) is 3.41. The fourth-order valence-corrected chi connectivity index (χ4v) is 4.71. The summed E-state index contributed by atoms with van der Waals surface area (Å²) in [6, 6.07) is 11.6. The van der Waals surface area contributed by atoms with Gasteiger partial charge in [-0.1, -0.05) is 23.5 Å².